The summed E-state index contributed by atoms with van der Waals surface area (Å²) in [6.45, 7) is 2.11. The lowest BCUT2D eigenvalue weighted by atomic mass is 10.2. The predicted molar refractivity (Wildman–Crippen MR) is 40.6 cm³/mol. The van der Waals surface area contributed by atoms with Crippen LogP contribution >= 0.6 is 23.2 Å². The van der Waals surface area contributed by atoms with Crippen LogP contribution in [0.15, 0.2) is 10.2 Å². The molecule has 0 bridgehead atoms. The molecule has 1 aliphatic heterocycles. The average molecular weight is 166 g/mol. The molecule has 1 heterocycles. The third-order valence-corrected chi connectivity index (χ3v) is 2.26. The van der Waals surface area contributed by atoms with E-state index in [2.05, 4.69) is 12.2 Å². The monoisotopic (exact) mass is 165 g/mol. The molecule has 52 valence electrons. The van der Waals surface area contributed by atoms with E-state index in [-0.39, 0.29) is 0 Å². The summed E-state index contributed by atoms with van der Waals surface area (Å²) in [5.74, 6) is 0. The maximum atomic E-state index is 5.72. The Morgan fingerprint density at radius 2 is 2.33 bits per heavy atom. The third-order valence-electron chi connectivity index (χ3n) is 1.49. The summed E-state index contributed by atoms with van der Waals surface area (Å²) in [6.07, 6.45) is 1.96. The Labute approximate surface area is 65.0 Å². The molecule has 1 nitrogen and oxygen atoms in total. The summed E-state index contributed by atoms with van der Waals surface area (Å²) < 4.78 is 0. The highest BCUT2D eigenvalue weighted by Gasteiger charge is 2.18. The lowest BCUT2D eigenvalue weighted by molar-refractivity contribution is 0.601. The van der Waals surface area contributed by atoms with Crippen LogP contribution < -0.4 is 5.32 Å². The van der Waals surface area contributed by atoms with Gasteiger partial charge in [-0.2, -0.15) is 0 Å². The largest absolute Gasteiger partial charge is 0.372 e. The molecule has 1 N–H and O–H groups in total. The zero-order valence-corrected chi connectivity index (χ0v) is 6.76. The van der Waals surface area contributed by atoms with E-state index in [4.69, 9.17) is 23.2 Å². The molecule has 0 aromatic carbocycles. The van der Waals surface area contributed by atoms with Crippen LogP contribution in [0.5, 0.6) is 0 Å². The number of rotatable bonds is 1. The smallest absolute Gasteiger partial charge is 0.117 e. The van der Waals surface area contributed by atoms with E-state index in [0.29, 0.717) is 11.2 Å². The van der Waals surface area contributed by atoms with Gasteiger partial charge >= 0.3 is 0 Å². The van der Waals surface area contributed by atoms with E-state index in [1.807, 2.05) is 0 Å². The summed E-state index contributed by atoms with van der Waals surface area (Å²) in [7, 11) is 0. The molecule has 1 rings (SSSR count). The Kier molecular flexibility index (Phi) is 2.25. The number of hydrogen-bond donors (Lipinski definition) is 1. The van der Waals surface area contributed by atoms with Crippen LogP contribution in [0.1, 0.15) is 19.8 Å². The molecule has 0 fully saturated rings. The minimum Gasteiger partial charge on any atom is -0.372 e. The van der Waals surface area contributed by atoms with Crippen molar-refractivity contribution in [2.45, 2.75) is 25.8 Å². The Hall–Kier alpha value is 0.120. The highest BCUT2D eigenvalue weighted by molar-refractivity contribution is 6.39. The molecule has 0 aromatic heterocycles. The maximum absolute atomic E-state index is 5.72. The van der Waals surface area contributed by atoms with Crippen LogP contribution in [0, 0.1) is 0 Å². The van der Waals surface area contributed by atoms with E-state index in [0.717, 1.165) is 17.9 Å². The topological polar surface area (TPSA) is 12.0 Å². The molecule has 0 saturated heterocycles. The average Bonchev–Trinajstić information content (AvgIpc) is 2.13. The van der Waals surface area contributed by atoms with Gasteiger partial charge in [0.2, 0.25) is 0 Å². The molecule has 0 amide bonds. The third kappa shape index (κ3) is 1.53. The van der Waals surface area contributed by atoms with Crippen LogP contribution in [0.4, 0.5) is 0 Å². The fourth-order valence-electron chi connectivity index (χ4n) is 0.861. The fraction of sp³-hybridized carbons (Fsp3) is 0.667. The highest BCUT2D eigenvalue weighted by Crippen LogP contribution is 2.25. The van der Waals surface area contributed by atoms with Gasteiger partial charge in [0.05, 0.1) is 5.03 Å². The molecule has 1 aliphatic rings. The van der Waals surface area contributed by atoms with E-state index in [1.54, 1.807) is 0 Å². The van der Waals surface area contributed by atoms with E-state index in [9.17, 15) is 0 Å². The lowest BCUT2D eigenvalue weighted by Crippen LogP contribution is -2.19. The lowest BCUT2D eigenvalue weighted by Gasteiger charge is -2.05. The molecule has 0 aromatic rings. The summed E-state index contributed by atoms with van der Waals surface area (Å²) in [6, 6.07) is 0.463. The predicted octanol–water partition coefficient (Wildman–Crippen LogP) is 2.41. The van der Waals surface area contributed by atoms with Gasteiger partial charge in [-0.3, -0.25) is 0 Å². The molecule has 0 radical (unpaired) electrons. The van der Waals surface area contributed by atoms with Crippen molar-refractivity contribution < 1.29 is 0 Å². The van der Waals surface area contributed by atoms with Crippen LogP contribution in [-0.2, 0) is 0 Å². The van der Waals surface area contributed by atoms with Gasteiger partial charge in [-0.05, 0) is 6.42 Å². The molecule has 9 heavy (non-hydrogen) atoms. The van der Waals surface area contributed by atoms with Gasteiger partial charge in [0, 0.05) is 12.5 Å². The fourth-order valence-corrected chi connectivity index (χ4v) is 1.33. The zero-order valence-electron chi connectivity index (χ0n) is 5.25. The minimum atomic E-state index is 0.463. The number of nitrogens with one attached hydrogen (secondary N) is 1. The van der Waals surface area contributed by atoms with Crippen LogP contribution in [-0.4, -0.2) is 6.04 Å². The molecule has 0 spiro atoms. The summed E-state index contributed by atoms with van der Waals surface area (Å²) >= 11 is 11.4. The molecule has 1 unspecified atom stereocenters. The van der Waals surface area contributed by atoms with Crippen molar-refractivity contribution in [3.05, 3.63) is 10.2 Å². The Morgan fingerprint density at radius 1 is 1.67 bits per heavy atom. The van der Waals surface area contributed by atoms with Crippen molar-refractivity contribution in [1.82, 2.24) is 5.32 Å². The van der Waals surface area contributed by atoms with Crippen molar-refractivity contribution in [3.63, 3.8) is 0 Å². The first kappa shape index (κ1) is 7.23. The number of hydrogen-bond acceptors (Lipinski definition) is 1. The van der Waals surface area contributed by atoms with Crippen molar-refractivity contribution in [2.24, 2.45) is 0 Å². The molecular weight excluding hydrogens is 157 g/mol. The van der Waals surface area contributed by atoms with E-state index in [1.165, 1.54) is 0 Å². The summed E-state index contributed by atoms with van der Waals surface area (Å²) in [4.78, 5) is 0. The van der Waals surface area contributed by atoms with Crippen molar-refractivity contribution in [1.29, 1.82) is 0 Å². The van der Waals surface area contributed by atoms with Gasteiger partial charge in [0.15, 0.2) is 0 Å². The first-order valence-electron chi connectivity index (χ1n) is 3.04. The van der Waals surface area contributed by atoms with Crippen molar-refractivity contribution in [2.75, 3.05) is 0 Å². The molecule has 0 saturated carbocycles. The van der Waals surface area contributed by atoms with Crippen LogP contribution in [0.3, 0.4) is 0 Å². The van der Waals surface area contributed by atoms with Gasteiger partial charge in [-0.25, -0.2) is 0 Å². The highest BCUT2D eigenvalue weighted by atomic mass is 35.5. The Morgan fingerprint density at radius 3 is 2.56 bits per heavy atom. The van der Waals surface area contributed by atoms with Gasteiger partial charge < -0.3 is 5.32 Å². The first-order valence-corrected chi connectivity index (χ1v) is 3.80. The maximum Gasteiger partial charge on any atom is 0.117 e. The second-order valence-electron chi connectivity index (χ2n) is 2.17. The van der Waals surface area contributed by atoms with Crippen molar-refractivity contribution in [3.8, 4) is 0 Å². The molecular formula is C6H9Cl2N. The molecule has 1 atom stereocenters. The minimum absolute atomic E-state index is 0.463. The van der Waals surface area contributed by atoms with E-state index < -0.39 is 0 Å². The first-order chi connectivity index (χ1) is 4.24. The van der Waals surface area contributed by atoms with Gasteiger partial charge in [0.1, 0.15) is 5.16 Å². The summed E-state index contributed by atoms with van der Waals surface area (Å²) in [5.41, 5.74) is 0. The second kappa shape index (κ2) is 2.80. The van der Waals surface area contributed by atoms with Crippen LogP contribution in [0.25, 0.3) is 0 Å². The standard InChI is InChI=1S/C6H9Cl2N/c1-2-4-3-5(7)6(8)9-4/h4,9H,2-3H2,1H3. The number of halogens is 2. The van der Waals surface area contributed by atoms with Gasteiger partial charge in [0.25, 0.3) is 0 Å². The second-order valence-corrected chi connectivity index (χ2v) is 3.01. The van der Waals surface area contributed by atoms with E-state index >= 15 is 0 Å². The SMILES string of the molecule is CCC1CC(Cl)=C(Cl)N1. The zero-order chi connectivity index (χ0) is 6.85. The van der Waals surface area contributed by atoms with Crippen molar-refractivity contribution >= 4 is 23.2 Å². The Bertz CT molecular complexity index is 128. The van der Waals surface area contributed by atoms with Gasteiger partial charge in [-0.1, -0.05) is 30.1 Å². The van der Waals surface area contributed by atoms with Crippen LogP contribution in [0.2, 0.25) is 0 Å². The summed E-state index contributed by atoms with van der Waals surface area (Å²) in [5, 5.41) is 4.46. The molecule has 0 aliphatic carbocycles. The van der Waals surface area contributed by atoms with Gasteiger partial charge in [-0.15, -0.1) is 0 Å². The normalized spacial score (nSPS) is 26.8. The molecule has 3 heteroatoms. The quantitative estimate of drug-likeness (QED) is 0.589. The Balaban J connectivity index is 2.48.